The van der Waals surface area contributed by atoms with E-state index >= 15 is 0 Å². The highest BCUT2D eigenvalue weighted by Crippen LogP contribution is 2.34. The highest BCUT2D eigenvalue weighted by Gasteiger charge is 2.39. The first-order chi connectivity index (χ1) is 12.4. The first kappa shape index (κ1) is 17.9. The average molecular weight is 356 g/mol. The summed E-state index contributed by atoms with van der Waals surface area (Å²) in [6.07, 6.45) is 0.544. The molecule has 1 heterocycles. The molecule has 0 aromatic heterocycles. The molecule has 0 unspecified atom stereocenters. The van der Waals surface area contributed by atoms with Crippen molar-refractivity contribution in [2.24, 2.45) is 5.10 Å². The highest BCUT2D eigenvalue weighted by atomic mass is 19.1. The van der Waals surface area contributed by atoms with Crippen molar-refractivity contribution >= 4 is 11.6 Å². The highest BCUT2D eigenvalue weighted by molar-refractivity contribution is 6.05. The number of carbonyl (C=O) groups excluding carboxylic acids is 1. The van der Waals surface area contributed by atoms with Gasteiger partial charge in [-0.3, -0.25) is 4.79 Å². The maximum Gasteiger partial charge on any atom is 0.277 e. The molecule has 26 heavy (non-hydrogen) atoms. The Morgan fingerprint density at radius 1 is 1.12 bits per heavy atom. The smallest absolute Gasteiger partial charge is 0.277 e. The quantitative estimate of drug-likeness (QED) is 0.836. The molecule has 3 rings (SSSR count). The molecule has 0 radical (unpaired) electrons. The van der Waals surface area contributed by atoms with Crippen LogP contribution in [0.3, 0.4) is 0 Å². The summed E-state index contributed by atoms with van der Waals surface area (Å²) in [5.41, 5.74) is 1.01. The second kappa shape index (κ2) is 6.78. The van der Waals surface area contributed by atoms with E-state index in [0.29, 0.717) is 17.9 Å². The van der Waals surface area contributed by atoms with E-state index in [4.69, 9.17) is 9.47 Å². The van der Waals surface area contributed by atoms with Gasteiger partial charge in [-0.2, -0.15) is 5.10 Å². The first-order valence-corrected chi connectivity index (χ1v) is 8.26. The van der Waals surface area contributed by atoms with Gasteiger partial charge in [0.05, 0.1) is 31.0 Å². The maximum atomic E-state index is 14.0. The van der Waals surface area contributed by atoms with Gasteiger partial charge in [-0.15, -0.1) is 0 Å². The van der Waals surface area contributed by atoms with Crippen LogP contribution in [-0.4, -0.2) is 36.4 Å². The van der Waals surface area contributed by atoms with Gasteiger partial charge in [-0.05, 0) is 44.2 Å². The Morgan fingerprint density at radius 2 is 1.81 bits per heavy atom. The van der Waals surface area contributed by atoms with E-state index < -0.39 is 17.3 Å². The van der Waals surface area contributed by atoms with Crippen LogP contribution in [0.15, 0.2) is 47.6 Å². The standard InChI is InChI=1S/C20H21FN2O3/c1-20(2)12-16(13-9-10-17(25-3)18(11-13)26-4)22-23(20)19(24)14-7-5-6-8-15(14)21/h5-11H,12H2,1-4H3. The lowest BCUT2D eigenvalue weighted by Gasteiger charge is -2.28. The van der Waals surface area contributed by atoms with Crippen LogP contribution in [-0.2, 0) is 0 Å². The van der Waals surface area contributed by atoms with Crippen LogP contribution >= 0.6 is 0 Å². The molecule has 1 aliphatic rings. The van der Waals surface area contributed by atoms with Crippen molar-refractivity contribution in [3.8, 4) is 11.5 Å². The molecule has 1 aliphatic heterocycles. The number of methoxy groups -OCH3 is 2. The molecular formula is C20H21FN2O3. The summed E-state index contributed by atoms with van der Waals surface area (Å²) < 4.78 is 24.6. The van der Waals surface area contributed by atoms with Crippen LogP contribution in [0.5, 0.6) is 11.5 Å². The van der Waals surface area contributed by atoms with Crippen molar-refractivity contribution in [1.82, 2.24) is 5.01 Å². The summed E-state index contributed by atoms with van der Waals surface area (Å²) >= 11 is 0. The summed E-state index contributed by atoms with van der Waals surface area (Å²) in [5, 5.41) is 5.86. The Hall–Kier alpha value is -2.89. The molecule has 0 saturated heterocycles. The fourth-order valence-corrected chi connectivity index (χ4v) is 3.02. The molecule has 6 heteroatoms. The number of benzene rings is 2. The van der Waals surface area contributed by atoms with Gasteiger partial charge in [0.15, 0.2) is 11.5 Å². The zero-order valence-corrected chi connectivity index (χ0v) is 15.2. The molecular weight excluding hydrogens is 335 g/mol. The summed E-state index contributed by atoms with van der Waals surface area (Å²) in [6.45, 7) is 3.81. The van der Waals surface area contributed by atoms with Crippen LogP contribution in [0.25, 0.3) is 0 Å². The van der Waals surface area contributed by atoms with Crippen molar-refractivity contribution in [2.45, 2.75) is 25.8 Å². The zero-order valence-electron chi connectivity index (χ0n) is 15.2. The van der Waals surface area contributed by atoms with Crippen molar-refractivity contribution in [2.75, 3.05) is 14.2 Å². The van der Waals surface area contributed by atoms with Gasteiger partial charge in [0, 0.05) is 12.0 Å². The topological polar surface area (TPSA) is 51.1 Å². The van der Waals surface area contributed by atoms with E-state index in [9.17, 15) is 9.18 Å². The normalized spacial score (nSPS) is 15.6. The number of amides is 1. The molecule has 136 valence electrons. The molecule has 0 bridgehead atoms. The Bertz CT molecular complexity index is 877. The van der Waals surface area contributed by atoms with Gasteiger partial charge in [0.1, 0.15) is 5.82 Å². The minimum absolute atomic E-state index is 0.0119. The number of hydrazone groups is 1. The Morgan fingerprint density at radius 3 is 2.46 bits per heavy atom. The van der Waals surface area contributed by atoms with E-state index in [1.807, 2.05) is 26.0 Å². The monoisotopic (exact) mass is 356 g/mol. The molecule has 2 aromatic carbocycles. The zero-order chi connectivity index (χ0) is 18.9. The molecule has 0 spiro atoms. The SMILES string of the molecule is COc1ccc(C2=NN(C(=O)c3ccccc3F)C(C)(C)C2)cc1OC. The lowest BCUT2D eigenvalue weighted by molar-refractivity contribution is 0.0607. The summed E-state index contributed by atoms with van der Waals surface area (Å²) in [7, 11) is 3.14. The summed E-state index contributed by atoms with van der Waals surface area (Å²) in [5.74, 6) is 0.199. The van der Waals surface area contributed by atoms with E-state index in [1.54, 1.807) is 32.4 Å². The molecule has 0 aliphatic carbocycles. The first-order valence-electron chi connectivity index (χ1n) is 8.26. The number of ether oxygens (including phenoxy) is 2. The minimum Gasteiger partial charge on any atom is -0.493 e. The largest absolute Gasteiger partial charge is 0.493 e. The summed E-state index contributed by atoms with van der Waals surface area (Å²) in [6, 6.07) is 11.4. The fraction of sp³-hybridized carbons (Fsp3) is 0.300. The van der Waals surface area contributed by atoms with Gasteiger partial charge in [0.25, 0.3) is 5.91 Å². The van der Waals surface area contributed by atoms with Crippen molar-refractivity contribution in [3.63, 3.8) is 0 Å². The Labute approximate surface area is 152 Å². The molecule has 0 saturated carbocycles. The molecule has 5 nitrogen and oxygen atoms in total. The lowest BCUT2D eigenvalue weighted by Crippen LogP contribution is -2.41. The number of hydrogen-bond donors (Lipinski definition) is 0. The number of rotatable bonds is 4. The number of carbonyl (C=O) groups is 1. The van der Waals surface area contributed by atoms with Crippen molar-refractivity contribution in [1.29, 1.82) is 0 Å². The Balaban J connectivity index is 1.97. The maximum absolute atomic E-state index is 14.0. The van der Waals surface area contributed by atoms with E-state index in [2.05, 4.69) is 5.10 Å². The van der Waals surface area contributed by atoms with Gasteiger partial charge in [0.2, 0.25) is 0 Å². The molecule has 2 aromatic rings. The lowest BCUT2D eigenvalue weighted by atomic mass is 9.94. The molecule has 1 amide bonds. The predicted octanol–water partition coefficient (Wildman–Crippen LogP) is 3.87. The molecule has 0 atom stereocenters. The Kier molecular flexibility index (Phi) is 4.68. The van der Waals surface area contributed by atoms with E-state index in [-0.39, 0.29) is 5.56 Å². The van der Waals surface area contributed by atoms with Crippen LogP contribution in [0.2, 0.25) is 0 Å². The fourth-order valence-electron chi connectivity index (χ4n) is 3.02. The van der Waals surface area contributed by atoms with Crippen LogP contribution < -0.4 is 9.47 Å². The third-order valence-electron chi connectivity index (χ3n) is 4.41. The summed E-state index contributed by atoms with van der Waals surface area (Å²) in [4.78, 5) is 12.8. The molecule has 0 N–H and O–H groups in total. The third-order valence-corrected chi connectivity index (χ3v) is 4.41. The van der Waals surface area contributed by atoms with E-state index in [1.165, 1.54) is 17.1 Å². The number of hydrogen-bond acceptors (Lipinski definition) is 4. The second-order valence-corrected chi connectivity index (χ2v) is 6.70. The predicted molar refractivity (Wildman–Crippen MR) is 97.3 cm³/mol. The second-order valence-electron chi connectivity index (χ2n) is 6.70. The van der Waals surface area contributed by atoms with Crippen molar-refractivity contribution in [3.05, 3.63) is 59.4 Å². The van der Waals surface area contributed by atoms with Gasteiger partial charge < -0.3 is 9.47 Å². The number of nitrogens with zero attached hydrogens (tertiary/aromatic N) is 2. The average Bonchev–Trinajstić information content (AvgIpc) is 2.96. The minimum atomic E-state index is -0.568. The van der Waals surface area contributed by atoms with Gasteiger partial charge in [-0.25, -0.2) is 9.40 Å². The van der Waals surface area contributed by atoms with E-state index in [0.717, 1.165) is 11.3 Å². The van der Waals surface area contributed by atoms with Crippen molar-refractivity contribution < 1.29 is 18.7 Å². The third kappa shape index (κ3) is 3.14. The van der Waals surface area contributed by atoms with Gasteiger partial charge >= 0.3 is 0 Å². The van der Waals surface area contributed by atoms with Crippen LogP contribution in [0, 0.1) is 5.82 Å². The van der Waals surface area contributed by atoms with Crippen LogP contribution in [0.1, 0.15) is 36.2 Å². The van der Waals surface area contributed by atoms with Crippen LogP contribution in [0.4, 0.5) is 4.39 Å². The van der Waals surface area contributed by atoms with Gasteiger partial charge in [-0.1, -0.05) is 12.1 Å². The molecule has 0 fully saturated rings. The number of halogens is 1.